The molecule has 0 saturated carbocycles. The lowest BCUT2D eigenvalue weighted by Crippen LogP contribution is -2.61. The molecule has 0 bridgehead atoms. The lowest BCUT2D eigenvalue weighted by molar-refractivity contribution is -0.00989. The molecule has 4 atom stereocenters. The highest BCUT2D eigenvalue weighted by atomic mass is 16.5. The van der Waals surface area contributed by atoms with E-state index in [-0.39, 0.29) is 0 Å². The van der Waals surface area contributed by atoms with Gasteiger partial charge in [0.05, 0.1) is 12.2 Å². The summed E-state index contributed by atoms with van der Waals surface area (Å²) < 4.78 is 6.00. The smallest absolute Gasteiger partial charge is 0.0706 e. The minimum absolute atomic E-state index is 0.331. The zero-order valence-corrected chi connectivity index (χ0v) is 12.7. The summed E-state index contributed by atoms with van der Waals surface area (Å²) in [5.41, 5.74) is 0.331. The SMILES string of the molecule is CC1CN(CC2CCC(C)O2)C(C(C)(C)C)CN1. The van der Waals surface area contributed by atoms with Gasteiger partial charge in [0.1, 0.15) is 0 Å². The molecule has 2 aliphatic rings. The van der Waals surface area contributed by atoms with Crippen LogP contribution in [-0.2, 0) is 4.74 Å². The van der Waals surface area contributed by atoms with E-state index in [1.165, 1.54) is 12.8 Å². The minimum atomic E-state index is 0.331. The summed E-state index contributed by atoms with van der Waals surface area (Å²) in [5.74, 6) is 0. The molecule has 2 aliphatic heterocycles. The quantitative estimate of drug-likeness (QED) is 0.818. The second kappa shape index (κ2) is 5.48. The Balaban J connectivity index is 1.97. The fourth-order valence-corrected chi connectivity index (χ4v) is 3.32. The Morgan fingerprint density at radius 2 is 1.94 bits per heavy atom. The fraction of sp³-hybridized carbons (Fsp3) is 1.00. The Labute approximate surface area is 112 Å². The van der Waals surface area contributed by atoms with Crippen molar-refractivity contribution in [3.05, 3.63) is 0 Å². The highest BCUT2D eigenvalue weighted by Gasteiger charge is 2.36. The average Bonchev–Trinajstić information content (AvgIpc) is 2.62. The van der Waals surface area contributed by atoms with Crippen molar-refractivity contribution in [1.29, 1.82) is 0 Å². The van der Waals surface area contributed by atoms with Crippen LogP contribution in [0.3, 0.4) is 0 Å². The molecule has 0 aromatic rings. The topological polar surface area (TPSA) is 24.5 Å². The van der Waals surface area contributed by atoms with Crippen molar-refractivity contribution >= 4 is 0 Å². The van der Waals surface area contributed by atoms with Crippen LogP contribution in [0.5, 0.6) is 0 Å². The first-order chi connectivity index (χ1) is 8.36. The Hall–Kier alpha value is -0.120. The third kappa shape index (κ3) is 3.46. The Bertz CT molecular complexity index is 274. The van der Waals surface area contributed by atoms with Crippen molar-refractivity contribution in [1.82, 2.24) is 10.2 Å². The normalized spacial score (nSPS) is 39.2. The van der Waals surface area contributed by atoms with E-state index in [9.17, 15) is 0 Å². The van der Waals surface area contributed by atoms with E-state index in [4.69, 9.17) is 4.74 Å². The van der Waals surface area contributed by atoms with E-state index >= 15 is 0 Å². The zero-order valence-electron chi connectivity index (χ0n) is 12.7. The summed E-state index contributed by atoms with van der Waals surface area (Å²) in [6, 6.07) is 1.22. The number of nitrogens with zero attached hydrogens (tertiary/aromatic N) is 1. The van der Waals surface area contributed by atoms with Gasteiger partial charge in [-0.05, 0) is 32.1 Å². The number of ether oxygens (including phenoxy) is 1. The highest BCUT2D eigenvalue weighted by molar-refractivity contribution is 4.92. The number of hydrogen-bond donors (Lipinski definition) is 1. The van der Waals surface area contributed by atoms with Crippen LogP contribution in [0.2, 0.25) is 0 Å². The number of nitrogens with one attached hydrogen (secondary N) is 1. The van der Waals surface area contributed by atoms with E-state index in [0.717, 1.165) is 19.6 Å². The van der Waals surface area contributed by atoms with Gasteiger partial charge in [-0.15, -0.1) is 0 Å². The molecule has 2 rings (SSSR count). The molecule has 2 saturated heterocycles. The van der Waals surface area contributed by atoms with Crippen molar-refractivity contribution in [2.75, 3.05) is 19.6 Å². The summed E-state index contributed by atoms with van der Waals surface area (Å²) in [4.78, 5) is 2.66. The Morgan fingerprint density at radius 1 is 1.22 bits per heavy atom. The van der Waals surface area contributed by atoms with E-state index in [1.807, 2.05) is 0 Å². The second-order valence-corrected chi connectivity index (χ2v) is 7.29. The summed E-state index contributed by atoms with van der Waals surface area (Å²) in [6.45, 7) is 14.9. The van der Waals surface area contributed by atoms with Crippen molar-refractivity contribution in [2.24, 2.45) is 5.41 Å². The van der Waals surface area contributed by atoms with Crippen LogP contribution >= 0.6 is 0 Å². The lowest BCUT2D eigenvalue weighted by atomic mass is 9.83. The van der Waals surface area contributed by atoms with Gasteiger partial charge in [0.2, 0.25) is 0 Å². The number of rotatable bonds is 2. The summed E-state index contributed by atoms with van der Waals surface area (Å²) in [5, 5.41) is 3.62. The maximum atomic E-state index is 6.00. The molecule has 0 radical (unpaired) electrons. The van der Waals surface area contributed by atoms with Crippen LogP contribution in [0.15, 0.2) is 0 Å². The van der Waals surface area contributed by atoms with E-state index in [0.29, 0.717) is 29.7 Å². The van der Waals surface area contributed by atoms with E-state index < -0.39 is 0 Å². The summed E-state index contributed by atoms with van der Waals surface area (Å²) in [7, 11) is 0. The molecule has 0 aliphatic carbocycles. The predicted octanol–water partition coefficient (Wildman–Crippen LogP) is 2.26. The zero-order chi connectivity index (χ0) is 13.3. The highest BCUT2D eigenvalue weighted by Crippen LogP contribution is 2.28. The molecular formula is C15H30N2O. The summed E-state index contributed by atoms with van der Waals surface area (Å²) >= 11 is 0. The second-order valence-electron chi connectivity index (χ2n) is 7.29. The molecule has 0 spiro atoms. The molecule has 3 heteroatoms. The molecule has 106 valence electrons. The van der Waals surface area contributed by atoms with Crippen molar-refractivity contribution in [2.45, 2.75) is 71.8 Å². The third-order valence-electron chi connectivity index (χ3n) is 4.37. The van der Waals surface area contributed by atoms with Gasteiger partial charge in [-0.25, -0.2) is 0 Å². The van der Waals surface area contributed by atoms with Crippen LogP contribution in [-0.4, -0.2) is 48.8 Å². The maximum absolute atomic E-state index is 6.00. The van der Waals surface area contributed by atoms with Gasteiger partial charge in [-0.3, -0.25) is 4.90 Å². The fourth-order valence-electron chi connectivity index (χ4n) is 3.32. The molecule has 3 nitrogen and oxygen atoms in total. The van der Waals surface area contributed by atoms with Crippen LogP contribution in [0.25, 0.3) is 0 Å². The first kappa shape index (κ1) is 14.3. The lowest BCUT2D eigenvalue weighted by Gasteiger charge is -2.46. The standard InChI is InChI=1S/C15H30N2O/c1-11-9-17(10-13-7-6-12(2)18-13)14(8-16-11)15(3,4)5/h11-14,16H,6-10H2,1-5H3. The van der Waals surface area contributed by atoms with Crippen molar-refractivity contribution in [3.8, 4) is 0 Å². The molecular weight excluding hydrogens is 224 g/mol. The monoisotopic (exact) mass is 254 g/mol. The van der Waals surface area contributed by atoms with Gasteiger partial charge in [0.15, 0.2) is 0 Å². The van der Waals surface area contributed by atoms with Crippen molar-refractivity contribution < 1.29 is 4.74 Å². The molecule has 4 unspecified atom stereocenters. The molecule has 2 fully saturated rings. The van der Waals surface area contributed by atoms with E-state index in [1.54, 1.807) is 0 Å². The molecule has 2 heterocycles. The molecule has 18 heavy (non-hydrogen) atoms. The molecule has 0 aromatic carbocycles. The Morgan fingerprint density at radius 3 is 2.50 bits per heavy atom. The van der Waals surface area contributed by atoms with Crippen LogP contribution < -0.4 is 5.32 Å². The Kier molecular flexibility index (Phi) is 4.35. The predicted molar refractivity (Wildman–Crippen MR) is 75.8 cm³/mol. The number of hydrogen-bond acceptors (Lipinski definition) is 3. The molecule has 1 N–H and O–H groups in total. The van der Waals surface area contributed by atoms with Crippen molar-refractivity contribution in [3.63, 3.8) is 0 Å². The minimum Gasteiger partial charge on any atom is -0.374 e. The van der Waals surface area contributed by atoms with Gasteiger partial charge in [-0.2, -0.15) is 0 Å². The van der Waals surface area contributed by atoms with Crippen LogP contribution in [0.1, 0.15) is 47.5 Å². The third-order valence-corrected chi connectivity index (χ3v) is 4.37. The maximum Gasteiger partial charge on any atom is 0.0706 e. The van der Waals surface area contributed by atoms with Gasteiger partial charge < -0.3 is 10.1 Å². The van der Waals surface area contributed by atoms with Crippen LogP contribution in [0, 0.1) is 5.41 Å². The first-order valence-electron chi connectivity index (χ1n) is 7.49. The van der Waals surface area contributed by atoms with Crippen LogP contribution in [0.4, 0.5) is 0 Å². The average molecular weight is 254 g/mol. The van der Waals surface area contributed by atoms with E-state index in [2.05, 4.69) is 44.8 Å². The van der Waals surface area contributed by atoms with Gasteiger partial charge >= 0.3 is 0 Å². The van der Waals surface area contributed by atoms with Gasteiger partial charge in [-0.1, -0.05) is 20.8 Å². The number of piperazine rings is 1. The van der Waals surface area contributed by atoms with Gasteiger partial charge in [0, 0.05) is 31.7 Å². The first-order valence-corrected chi connectivity index (χ1v) is 7.49. The largest absolute Gasteiger partial charge is 0.374 e. The molecule has 0 aromatic heterocycles. The molecule has 0 amide bonds. The summed E-state index contributed by atoms with van der Waals surface area (Å²) in [6.07, 6.45) is 3.38. The van der Waals surface area contributed by atoms with Gasteiger partial charge in [0.25, 0.3) is 0 Å².